The summed E-state index contributed by atoms with van der Waals surface area (Å²) in [4.78, 5) is 0. The number of rotatable bonds is 8. The van der Waals surface area contributed by atoms with E-state index in [9.17, 15) is 0 Å². The minimum absolute atomic E-state index is 0.210. The van der Waals surface area contributed by atoms with Crippen LogP contribution in [0.5, 0.6) is 5.75 Å². The minimum atomic E-state index is -1.63. The maximum atomic E-state index is 6.52. The normalized spacial score (nSPS) is 18.3. The van der Waals surface area contributed by atoms with Crippen molar-refractivity contribution in [2.45, 2.75) is 70.7 Å². The Bertz CT molecular complexity index is 563. The highest BCUT2D eigenvalue weighted by molar-refractivity contribution is 6.72. The maximum absolute atomic E-state index is 6.52. The predicted molar refractivity (Wildman–Crippen MR) is 101 cm³/mol. The van der Waals surface area contributed by atoms with Gasteiger partial charge in [0.25, 0.3) is 0 Å². The first-order valence-corrected chi connectivity index (χ1v) is 11.7. The molecule has 23 heavy (non-hydrogen) atoms. The monoisotopic (exact) mass is 332 g/mol. The van der Waals surface area contributed by atoms with Crippen LogP contribution >= 0.6 is 0 Å². The quantitative estimate of drug-likeness (QED) is 0.449. The highest BCUT2D eigenvalue weighted by Gasteiger charge is 2.32. The molecule has 0 aliphatic heterocycles. The van der Waals surface area contributed by atoms with Crippen molar-refractivity contribution in [2.75, 3.05) is 7.11 Å². The van der Waals surface area contributed by atoms with Crippen LogP contribution in [0.25, 0.3) is 0 Å². The van der Waals surface area contributed by atoms with Gasteiger partial charge in [0.2, 0.25) is 0 Å². The lowest BCUT2D eigenvalue weighted by Gasteiger charge is -2.35. The molecule has 1 aromatic carbocycles. The van der Waals surface area contributed by atoms with Gasteiger partial charge in [-0.3, -0.25) is 0 Å². The van der Waals surface area contributed by atoms with Gasteiger partial charge in [-0.25, -0.2) is 0 Å². The Morgan fingerprint density at radius 2 is 2.04 bits per heavy atom. The van der Waals surface area contributed by atoms with Crippen LogP contribution in [0, 0.1) is 0 Å². The van der Waals surface area contributed by atoms with Gasteiger partial charge >= 0.3 is 0 Å². The topological polar surface area (TPSA) is 18.5 Å². The molecular formula is C20H32O2Si. The molecule has 2 nitrogen and oxygen atoms in total. The second kappa shape index (κ2) is 7.23. The molecule has 1 aromatic rings. The third-order valence-electron chi connectivity index (χ3n) is 5.42. The summed E-state index contributed by atoms with van der Waals surface area (Å²) < 4.78 is 11.8. The van der Waals surface area contributed by atoms with E-state index in [4.69, 9.17) is 9.16 Å². The molecule has 0 fully saturated rings. The fraction of sp³-hybridized carbons (Fsp3) is 0.600. The molecule has 0 N–H and O–H groups in total. The summed E-state index contributed by atoms with van der Waals surface area (Å²) in [6, 6.07) is 6.48. The van der Waals surface area contributed by atoms with Gasteiger partial charge in [-0.15, -0.1) is 0 Å². The van der Waals surface area contributed by atoms with Crippen molar-refractivity contribution in [2.24, 2.45) is 0 Å². The van der Waals surface area contributed by atoms with Crippen molar-refractivity contribution in [1.29, 1.82) is 0 Å². The van der Waals surface area contributed by atoms with Crippen LogP contribution in [0.1, 0.15) is 50.7 Å². The first-order chi connectivity index (χ1) is 10.7. The first-order valence-electron chi connectivity index (χ1n) is 8.74. The number of fused-ring (bicyclic) bond motifs is 1. The van der Waals surface area contributed by atoms with Crippen LogP contribution in [0.2, 0.25) is 18.6 Å². The Kier molecular flexibility index (Phi) is 5.74. The van der Waals surface area contributed by atoms with E-state index >= 15 is 0 Å². The molecule has 2 rings (SSSR count). The second-order valence-electron chi connectivity index (χ2n) is 7.75. The van der Waals surface area contributed by atoms with Gasteiger partial charge in [0.1, 0.15) is 5.75 Å². The fourth-order valence-electron chi connectivity index (χ4n) is 3.05. The molecule has 0 saturated carbocycles. The summed E-state index contributed by atoms with van der Waals surface area (Å²) in [6.07, 6.45) is 3.63. The van der Waals surface area contributed by atoms with E-state index in [1.54, 1.807) is 7.11 Å². The number of hydrogen-bond donors (Lipinski definition) is 0. The lowest BCUT2D eigenvalue weighted by Crippen LogP contribution is -2.39. The Balaban J connectivity index is 1.94. The molecule has 1 aliphatic carbocycles. The average Bonchev–Trinajstić information content (AvgIpc) is 2.46. The lowest BCUT2D eigenvalue weighted by molar-refractivity contribution is 0.204. The van der Waals surface area contributed by atoms with Gasteiger partial charge in [0.15, 0.2) is 8.32 Å². The molecule has 0 heterocycles. The maximum Gasteiger partial charge on any atom is 0.190 e. The molecule has 3 heteroatoms. The van der Waals surface area contributed by atoms with Crippen LogP contribution in [0.15, 0.2) is 30.4 Å². The molecule has 0 amide bonds. The Hall–Kier alpha value is -1.06. The molecule has 0 aromatic heterocycles. The van der Waals surface area contributed by atoms with E-state index in [0.717, 1.165) is 12.2 Å². The van der Waals surface area contributed by atoms with E-state index in [1.807, 2.05) is 0 Å². The van der Waals surface area contributed by atoms with Gasteiger partial charge in [0, 0.05) is 0 Å². The number of methoxy groups -OCH3 is 1. The number of benzene rings is 1. The zero-order valence-corrected chi connectivity index (χ0v) is 16.6. The van der Waals surface area contributed by atoms with E-state index < -0.39 is 8.32 Å². The molecule has 2 atom stereocenters. The molecule has 0 bridgehead atoms. The standard InChI is InChI=1S/C20H32O2Si/c1-14(2)20(22-23(6,7)15(3)4)11-8-16-12-17-13-18(21-5)9-10-19(16)17/h9-10,13,15-16,20H,1,8,11-12H2,2-7H3/t16?,20-/m0/s1. The van der Waals surface area contributed by atoms with Gasteiger partial charge in [-0.2, -0.15) is 0 Å². The molecule has 1 aliphatic rings. The van der Waals surface area contributed by atoms with Crippen LogP contribution in [0.3, 0.4) is 0 Å². The SMILES string of the molecule is C=C(C)[C@H](CCC1Cc2cc(OC)ccc21)O[Si](C)(C)C(C)C. The van der Waals surface area contributed by atoms with Gasteiger partial charge in [0.05, 0.1) is 13.2 Å². The second-order valence-corrected chi connectivity index (χ2v) is 12.4. The summed E-state index contributed by atoms with van der Waals surface area (Å²) in [6.45, 7) is 15.5. The summed E-state index contributed by atoms with van der Waals surface area (Å²) in [5.41, 5.74) is 4.73. The van der Waals surface area contributed by atoms with E-state index in [1.165, 1.54) is 29.5 Å². The molecule has 1 unspecified atom stereocenters. The molecule has 0 radical (unpaired) electrons. The number of hydrogen-bond acceptors (Lipinski definition) is 2. The van der Waals surface area contributed by atoms with Crippen LogP contribution in [-0.4, -0.2) is 21.5 Å². The highest BCUT2D eigenvalue weighted by atomic mass is 28.4. The van der Waals surface area contributed by atoms with E-state index in [-0.39, 0.29) is 6.10 Å². The predicted octanol–water partition coefficient (Wildman–Crippen LogP) is 5.69. The average molecular weight is 333 g/mol. The van der Waals surface area contributed by atoms with Crippen LogP contribution in [-0.2, 0) is 10.8 Å². The highest BCUT2D eigenvalue weighted by Crippen LogP contribution is 2.41. The Morgan fingerprint density at radius 1 is 1.35 bits per heavy atom. The summed E-state index contributed by atoms with van der Waals surface area (Å²) in [5.74, 6) is 1.64. The van der Waals surface area contributed by atoms with Crippen molar-refractivity contribution < 1.29 is 9.16 Å². The lowest BCUT2D eigenvalue weighted by atomic mass is 9.74. The molecule has 128 valence electrons. The van der Waals surface area contributed by atoms with Crippen LogP contribution < -0.4 is 4.74 Å². The molecular weight excluding hydrogens is 300 g/mol. The van der Waals surface area contributed by atoms with Crippen molar-refractivity contribution in [3.63, 3.8) is 0 Å². The minimum Gasteiger partial charge on any atom is -0.497 e. The zero-order valence-electron chi connectivity index (χ0n) is 15.6. The summed E-state index contributed by atoms with van der Waals surface area (Å²) in [7, 11) is 0.0970. The van der Waals surface area contributed by atoms with Gasteiger partial charge in [-0.05, 0) is 74.0 Å². The van der Waals surface area contributed by atoms with Gasteiger partial charge in [-0.1, -0.05) is 32.1 Å². The van der Waals surface area contributed by atoms with Crippen molar-refractivity contribution in [3.8, 4) is 5.75 Å². The Labute approximate surface area is 143 Å². The van der Waals surface area contributed by atoms with Crippen LogP contribution in [0.4, 0.5) is 0 Å². The Morgan fingerprint density at radius 3 is 2.57 bits per heavy atom. The molecule has 0 saturated heterocycles. The van der Waals surface area contributed by atoms with E-state index in [0.29, 0.717) is 11.5 Å². The molecule has 0 spiro atoms. The van der Waals surface area contributed by atoms with Crippen molar-refractivity contribution in [3.05, 3.63) is 41.5 Å². The largest absolute Gasteiger partial charge is 0.497 e. The van der Waals surface area contributed by atoms with Crippen molar-refractivity contribution in [1.82, 2.24) is 0 Å². The van der Waals surface area contributed by atoms with E-state index in [2.05, 4.69) is 58.6 Å². The summed E-state index contributed by atoms with van der Waals surface area (Å²) >= 11 is 0. The smallest absolute Gasteiger partial charge is 0.190 e. The number of ether oxygens (including phenoxy) is 1. The first kappa shape index (κ1) is 18.3. The summed E-state index contributed by atoms with van der Waals surface area (Å²) in [5, 5.41) is 0. The third-order valence-corrected chi connectivity index (χ3v) is 9.09. The van der Waals surface area contributed by atoms with Crippen molar-refractivity contribution >= 4 is 8.32 Å². The fourth-order valence-corrected chi connectivity index (χ4v) is 4.37. The zero-order chi connectivity index (χ0) is 17.2. The van der Waals surface area contributed by atoms with Gasteiger partial charge < -0.3 is 9.16 Å². The third kappa shape index (κ3) is 4.27.